The van der Waals surface area contributed by atoms with Gasteiger partial charge in [-0.2, -0.15) is 0 Å². The number of carboxylic acids is 1. The average molecular weight is 338 g/mol. The van der Waals surface area contributed by atoms with Crippen molar-refractivity contribution < 1.29 is 14.7 Å². The summed E-state index contributed by atoms with van der Waals surface area (Å²) in [5.74, 6) is -1.18. The summed E-state index contributed by atoms with van der Waals surface area (Å²) >= 11 is 3.45. The Balaban J connectivity index is 2.11. The predicted molar refractivity (Wildman–Crippen MR) is 80.3 cm³/mol. The van der Waals surface area contributed by atoms with E-state index in [1.807, 2.05) is 25.1 Å². The summed E-state index contributed by atoms with van der Waals surface area (Å²) in [6.07, 6.45) is 4.42. The van der Waals surface area contributed by atoms with E-state index in [1.165, 1.54) is 11.0 Å². The van der Waals surface area contributed by atoms with Crippen molar-refractivity contribution in [1.29, 1.82) is 0 Å². The van der Waals surface area contributed by atoms with Gasteiger partial charge in [-0.3, -0.25) is 4.79 Å². The van der Waals surface area contributed by atoms with Gasteiger partial charge in [-0.1, -0.05) is 28.1 Å². The van der Waals surface area contributed by atoms with Gasteiger partial charge in [-0.15, -0.1) is 0 Å². The van der Waals surface area contributed by atoms with Gasteiger partial charge in [0.15, 0.2) is 0 Å². The maximum Gasteiger partial charge on any atom is 0.326 e. The molecule has 1 aromatic carbocycles. The van der Waals surface area contributed by atoms with Crippen molar-refractivity contribution in [2.24, 2.45) is 0 Å². The van der Waals surface area contributed by atoms with E-state index in [-0.39, 0.29) is 5.91 Å². The maximum atomic E-state index is 12.1. The highest BCUT2D eigenvalue weighted by molar-refractivity contribution is 9.10. The molecule has 1 saturated heterocycles. The first kappa shape index (κ1) is 14.8. The number of aryl methyl sites for hydroxylation is 1. The van der Waals surface area contributed by atoms with Crippen molar-refractivity contribution in [2.45, 2.75) is 25.8 Å². The van der Waals surface area contributed by atoms with Crippen LogP contribution in [-0.4, -0.2) is 34.5 Å². The zero-order valence-corrected chi connectivity index (χ0v) is 12.8. The number of carbonyl (C=O) groups is 2. The highest BCUT2D eigenvalue weighted by Crippen LogP contribution is 2.21. The van der Waals surface area contributed by atoms with Crippen LogP contribution >= 0.6 is 15.9 Å². The lowest BCUT2D eigenvalue weighted by molar-refractivity contribution is -0.146. The van der Waals surface area contributed by atoms with Gasteiger partial charge in [0.05, 0.1) is 0 Å². The molecule has 0 bridgehead atoms. The van der Waals surface area contributed by atoms with Crippen molar-refractivity contribution >= 4 is 33.9 Å². The number of carboxylic acid groups (broad SMARTS) is 1. The van der Waals surface area contributed by atoms with E-state index in [2.05, 4.69) is 15.9 Å². The molecular weight excluding hydrogens is 322 g/mol. The number of amides is 1. The van der Waals surface area contributed by atoms with Crippen molar-refractivity contribution in [3.63, 3.8) is 0 Å². The van der Waals surface area contributed by atoms with E-state index >= 15 is 0 Å². The number of carbonyl (C=O) groups excluding carboxylic acids is 1. The first-order valence-electron chi connectivity index (χ1n) is 6.46. The Morgan fingerprint density at radius 1 is 1.45 bits per heavy atom. The van der Waals surface area contributed by atoms with E-state index in [1.54, 1.807) is 6.08 Å². The van der Waals surface area contributed by atoms with Gasteiger partial charge in [0, 0.05) is 17.1 Å². The Morgan fingerprint density at radius 3 is 2.85 bits per heavy atom. The van der Waals surface area contributed by atoms with Crippen LogP contribution < -0.4 is 0 Å². The molecule has 1 aliphatic heterocycles. The lowest BCUT2D eigenvalue weighted by Gasteiger charge is -2.19. The Hall–Kier alpha value is -1.62. The predicted octanol–water partition coefficient (Wildman–Crippen LogP) is 2.85. The van der Waals surface area contributed by atoms with Gasteiger partial charge in [-0.25, -0.2) is 4.79 Å². The second-order valence-electron chi connectivity index (χ2n) is 4.89. The maximum absolute atomic E-state index is 12.1. The summed E-state index contributed by atoms with van der Waals surface area (Å²) in [4.78, 5) is 24.5. The Labute approximate surface area is 126 Å². The molecule has 1 aliphatic rings. The van der Waals surface area contributed by atoms with Crippen LogP contribution in [-0.2, 0) is 9.59 Å². The minimum atomic E-state index is -0.930. The van der Waals surface area contributed by atoms with Crippen LogP contribution in [0.5, 0.6) is 0 Å². The van der Waals surface area contributed by atoms with Gasteiger partial charge >= 0.3 is 5.97 Å². The largest absolute Gasteiger partial charge is 0.480 e. The molecule has 106 valence electrons. The highest BCUT2D eigenvalue weighted by Gasteiger charge is 2.32. The first-order valence-corrected chi connectivity index (χ1v) is 7.26. The molecule has 1 atom stereocenters. The molecule has 1 heterocycles. The Morgan fingerprint density at radius 2 is 2.20 bits per heavy atom. The van der Waals surface area contributed by atoms with Gasteiger partial charge in [0.2, 0.25) is 5.91 Å². The minimum Gasteiger partial charge on any atom is -0.480 e. The number of likely N-dealkylation sites (tertiary alicyclic amines) is 1. The molecule has 1 N–H and O–H groups in total. The fourth-order valence-corrected chi connectivity index (χ4v) is 2.94. The zero-order valence-electron chi connectivity index (χ0n) is 11.2. The summed E-state index contributed by atoms with van der Waals surface area (Å²) in [5, 5.41) is 9.07. The summed E-state index contributed by atoms with van der Waals surface area (Å²) < 4.78 is 0.915. The molecule has 0 aliphatic carbocycles. The van der Waals surface area contributed by atoms with E-state index in [4.69, 9.17) is 5.11 Å². The number of benzene rings is 1. The zero-order chi connectivity index (χ0) is 14.7. The van der Waals surface area contributed by atoms with Crippen LogP contribution in [0.1, 0.15) is 24.0 Å². The van der Waals surface area contributed by atoms with Crippen molar-refractivity contribution in [3.05, 3.63) is 39.9 Å². The Bertz CT molecular complexity index is 568. The molecule has 2 rings (SSSR count). The number of aliphatic carboxylic acids is 1. The van der Waals surface area contributed by atoms with E-state index in [0.29, 0.717) is 13.0 Å². The van der Waals surface area contributed by atoms with Crippen LogP contribution in [0.2, 0.25) is 0 Å². The van der Waals surface area contributed by atoms with Crippen molar-refractivity contribution in [3.8, 4) is 0 Å². The molecule has 4 nitrogen and oxygen atoms in total. The smallest absolute Gasteiger partial charge is 0.326 e. The molecule has 0 radical (unpaired) electrons. The van der Waals surface area contributed by atoms with E-state index in [9.17, 15) is 9.59 Å². The molecule has 1 fully saturated rings. The number of halogens is 1. The number of hydrogen-bond donors (Lipinski definition) is 1. The Kier molecular flexibility index (Phi) is 4.60. The lowest BCUT2D eigenvalue weighted by atomic mass is 10.1. The quantitative estimate of drug-likeness (QED) is 0.863. The standard InChI is InChI=1S/C15H16BrNO3/c1-10-4-5-11(12(16)9-10)6-7-14(18)17-8-2-3-13(17)15(19)20/h4-7,9,13H,2-3,8H2,1H3,(H,19,20)/b7-6+. The average Bonchev–Trinajstić information content (AvgIpc) is 2.86. The molecule has 5 heteroatoms. The second kappa shape index (κ2) is 6.22. The summed E-state index contributed by atoms with van der Waals surface area (Å²) in [6, 6.07) is 5.17. The normalized spacial score (nSPS) is 18.7. The molecule has 1 unspecified atom stereocenters. The van der Waals surface area contributed by atoms with Gasteiger partial charge in [0.25, 0.3) is 0 Å². The van der Waals surface area contributed by atoms with Crippen LogP contribution in [0.4, 0.5) is 0 Å². The molecule has 0 spiro atoms. The topological polar surface area (TPSA) is 57.6 Å². The number of hydrogen-bond acceptors (Lipinski definition) is 2. The van der Waals surface area contributed by atoms with Gasteiger partial charge < -0.3 is 10.0 Å². The van der Waals surface area contributed by atoms with Crippen molar-refractivity contribution in [2.75, 3.05) is 6.54 Å². The lowest BCUT2D eigenvalue weighted by Crippen LogP contribution is -2.39. The van der Waals surface area contributed by atoms with Gasteiger partial charge in [-0.05, 0) is 43.0 Å². The summed E-state index contributed by atoms with van der Waals surface area (Å²) in [6.45, 7) is 2.50. The fourth-order valence-electron chi connectivity index (χ4n) is 2.31. The molecule has 1 amide bonds. The van der Waals surface area contributed by atoms with Crippen molar-refractivity contribution in [1.82, 2.24) is 4.90 Å². The van der Waals surface area contributed by atoms with Crippen LogP contribution in [0.25, 0.3) is 6.08 Å². The van der Waals surface area contributed by atoms with Crippen LogP contribution in [0.3, 0.4) is 0 Å². The molecule has 0 aromatic heterocycles. The van der Waals surface area contributed by atoms with Gasteiger partial charge in [0.1, 0.15) is 6.04 Å². The minimum absolute atomic E-state index is 0.248. The third-order valence-corrected chi connectivity index (χ3v) is 4.07. The first-order chi connectivity index (χ1) is 9.49. The SMILES string of the molecule is Cc1ccc(/C=C/C(=O)N2CCCC2C(=O)O)c(Br)c1. The third kappa shape index (κ3) is 3.28. The second-order valence-corrected chi connectivity index (χ2v) is 5.74. The molecule has 0 saturated carbocycles. The number of rotatable bonds is 3. The summed E-state index contributed by atoms with van der Waals surface area (Å²) in [7, 11) is 0. The molecule has 1 aromatic rings. The van der Waals surface area contributed by atoms with E-state index in [0.717, 1.165) is 22.0 Å². The third-order valence-electron chi connectivity index (χ3n) is 3.38. The van der Waals surface area contributed by atoms with E-state index < -0.39 is 12.0 Å². The number of nitrogens with zero attached hydrogens (tertiary/aromatic N) is 1. The monoisotopic (exact) mass is 337 g/mol. The molecule has 20 heavy (non-hydrogen) atoms. The fraction of sp³-hybridized carbons (Fsp3) is 0.333. The molecular formula is C15H16BrNO3. The van der Waals surface area contributed by atoms with Crippen LogP contribution in [0, 0.1) is 6.92 Å². The highest BCUT2D eigenvalue weighted by atomic mass is 79.9. The van der Waals surface area contributed by atoms with Crippen LogP contribution in [0.15, 0.2) is 28.7 Å². The summed E-state index contributed by atoms with van der Waals surface area (Å²) in [5.41, 5.74) is 2.03.